The Morgan fingerprint density at radius 3 is 2.26 bits per heavy atom. The second kappa shape index (κ2) is 12.3. The highest BCUT2D eigenvalue weighted by molar-refractivity contribution is 7.92. The molecule has 4 aromatic rings. The van der Waals surface area contributed by atoms with Gasteiger partial charge in [0, 0.05) is 5.02 Å². The first kappa shape index (κ1) is 27.5. The van der Waals surface area contributed by atoms with E-state index in [1.165, 1.54) is 42.5 Å². The molecule has 4 aromatic carbocycles. The van der Waals surface area contributed by atoms with Gasteiger partial charge in [-0.15, -0.1) is 0 Å². The van der Waals surface area contributed by atoms with Crippen LogP contribution in [0.15, 0.2) is 102 Å². The van der Waals surface area contributed by atoms with Crippen LogP contribution in [0.2, 0.25) is 10.0 Å². The van der Waals surface area contributed by atoms with Gasteiger partial charge in [0.1, 0.15) is 11.5 Å². The van der Waals surface area contributed by atoms with Gasteiger partial charge in [-0.3, -0.25) is 9.52 Å². The van der Waals surface area contributed by atoms with Gasteiger partial charge in [-0.05, 0) is 66.6 Å². The highest BCUT2D eigenvalue weighted by Crippen LogP contribution is 2.30. The average Bonchev–Trinajstić information content (AvgIpc) is 2.91. The van der Waals surface area contributed by atoms with E-state index in [1.807, 2.05) is 30.3 Å². The van der Waals surface area contributed by atoms with E-state index in [2.05, 4.69) is 10.0 Å². The summed E-state index contributed by atoms with van der Waals surface area (Å²) in [5, 5.41) is 13.2. The molecule has 7 nitrogen and oxygen atoms in total. The minimum atomic E-state index is -4.07. The molecule has 196 valence electrons. The first-order valence-electron chi connectivity index (χ1n) is 11.6. The summed E-state index contributed by atoms with van der Waals surface area (Å²) in [5.41, 5.74) is 0.992. The van der Waals surface area contributed by atoms with E-state index in [1.54, 1.807) is 24.3 Å². The minimum Gasteiger partial charge on any atom is -0.456 e. The Morgan fingerprint density at radius 2 is 1.58 bits per heavy atom. The Balaban J connectivity index is 1.51. The van der Waals surface area contributed by atoms with E-state index in [-0.39, 0.29) is 27.8 Å². The molecule has 3 N–H and O–H groups in total. The number of hydrogen-bond acceptors (Lipinski definition) is 5. The molecule has 0 bridgehead atoms. The van der Waals surface area contributed by atoms with Gasteiger partial charge in [-0.25, -0.2) is 8.42 Å². The van der Waals surface area contributed by atoms with E-state index < -0.39 is 22.0 Å². The van der Waals surface area contributed by atoms with Crippen LogP contribution >= 0.6 is 23.2 Å². The fraction of sp³-hybridized carbons (Fsp3) is 0.107. The molecule has 0 aromatic heterocycles. The molecule has 4 rings (SSSR count). The molecule has 10 heteroatoms. The number of amides is 1. The Morgan fingerprint density at radius 1 is 0.895 bits per heavy atom. The molecule has 1 amide bonds. The summed E-state index contributed by atoms with van der Waals surface area (Å²) in [6.45, 7) is -0.301. The Kier molecular flexibility index (Phi) is 8.91. The lowest BCUT2D eigenvalue weighted by Gasteiger charge is -2.18. The first-order chi connectivity index (χ1) is 18.2. The molecule has 0 radical (unpaired) electrons. The fourth-order valence-electron chi connectivity index (χ4n) is 3.66. The van der Waals surface area contributed by atoms with E-state index in [0.717, 1.165) is 5.56 Å². The molecule has 0 saturated heterocycles. The van der Waals surface area contributed by atoms with E-state index >= 15 is 0 Å². The van der Waals surface area contributed by atoms with Gasteiger partial charge in [0.2, 0.25) is 0 Å². The van der Waals surface area contributed by atoms with E-state index in [4.69, 9.17) is 27.9 Å². The molecule has 0 aliphatic rings. The zero-order valence-electron chi connectivity index (χ0n) is 20.0. The number of anilines is 1. The molecule has 38 heavy (non-hydrogen) atoms. The van der Waals surface area contributed by atoms with Crippen LogP contribution < -0.4 is 14.8 Å². The lowest BCUT2D eigenvalue weighted by molar-refractivity contribution is 0.0917. The number of sulfonamides is 1. The molecular weight excluding hydrogens is 547 g/mol. The summed E-state index contributed by atoms with van der Waals surface area (Å²) >= 11 is 12.2. The normalized spacial score (nSPS) is 12.0. The number of aliphatic hydroxyl groups is 1. The van der Waals surface area contributed by atoms with Crippen LogP contribution in [0.4, 0.5) is 5.69 Å². The second-order valence-corrected chi connectivity index (χ2v) is 10.9. The van der Waals surface area contributed by atoms with Crippen molar-refractivity contribution in [2.45, 2.75) is 17.4 Å². The van der Waals surface area contributed by atoms with Gasteiger partial charge in [0.05, 0.1) is 33.8 Å². The third-order valence-corrected chi connectivity index (χ3v) is 7.48. The number of hydrogen-bond donors (Lipinski definition) is 3. The van der Waals surface area contributed by atoms with Crippen LogP contribution in [0.5, 0.6) is 11.5 Å². The van der Waals surface area contributed by atoms with Crippen molar-refractivity contribution in [3.05, 3.63) is 118 Å². The number of carbonyl (C=O) groups is 1. The number of rotatable bonds is 10. The number of ether oxygens (including phenoxy) is 1. The summed E-state index contributed by atoms with van der Waals surface area (Å²) in [4.78, 5) is 13.1. The van der Waals surface area contributed by atoms with Gasteiger partial charge in [-0.1, -0.05) is 65.7 Å². The van der Waals surface area contributed by atoms with E-state index in [9.17, 15) is 18.3 Å². The SMILES string of the molecule is O=C(N[C@@H](CO)Cc1ccccc1)c1cc(Cl)ccc1NS(=O)(=O)c1ccc(Oc2ccccc2Cl)cc1. The Labute approximate surface area is 231 Å². The molecule has 0 spiro atoms. The zero-order chi connectivity index (χ0) is 27.1. The van der Waals surface area contributed by atoms with Crippen LogP contribution in [0, 0.1) is 0 Å². The van der Waals surface area contributed by atoms with Crippen molar-refractivity contribution in [1.29, 1.82) is 0 Å². The summed E-state index contributed by atoms with van der Waals surface area (Å²) in [6.07, 6.45) is 0.396. The smallest absolute Gasteiger partial charge is 0.261 e. The lowest BCUT2D eigenvalue weighted by Crippen LogP contribution is -2.39. The second-order valence-electron chi connectivity index (χ2n) is 8.34. The third kappa shape index (κ3) is 7.05. The number of nitrogens with one attached hydrogen (secondary N) is 2. The van der Waals surface area contributed by atoms with E-state index in [0.29, 0.717) is 22.9 Å². The summed E-state index contributed by atoms with van der Waals surface area (Å²) in [5.74, 6) is 0.258. The molecule has 0 aliphatic carbocycles. The maximum absolute atomic E-state index is 13.1. The van der Waals surface area contributed by atoms with Crippen molar-refractivity contribution in [3.63, 3.8) is 0 Å². The molecule has 0 saturated carbocycles. The number of para-hydroxylation sites is 1. The molecule has 0 heterocycles. The van der Waals surface area contributed by atoms with Gasteiger partial charge in [0.25, 0.3) is 15.9 Å². The highest BCUT2D eigenvalue weighted by atomic mass is 35.5. The maximum atomic E-state index is 13.1. The maximum Gasteiger partial charge on any atom is 0.261 e. The predicted molar refractivity (Wildman–Crippen MR) is 149 cm³/mol. The number of aliphatic hydroxyl groups excluding tert-OH is 1. The van der Waals surface area contributed by atoms with Crippen molar-refractivity contribution in [1.82, 2.24) is 5.32 Å². The lowest BCUT2D eigenvalue weighted by atomic mass is 10.1. The fourth-order valence-corrected chi connectivity index (χ4v) is 5.09. The van der Waals surface area contributed by atoms with Crippen molar-refractivity contribution in [2.75, 3.05) is 11.3 Å². The van der Waals surface area contributed by atoms with Crippen LogP contribution in [0.1, 0.15) is 15.9 Å². The molecule has 0 unspecified atom stereocenters. The van der Waals surface area contributed by atoms with Gasteiger partial charge in [-0.2, -0.15) is 0 Å². The van der Waals surface area contributed by atoms with Crippen LogP contribution in [-0.2, 0) is 16.4 Å². The van der Waals surface area contributed by atoms with Crippen molar-refractivity contribution in [2.24, 2.45) is 0 Å². The minimum absolute atomic E-state index is 0.0197. The summed E-state index contributed by atoms with van der Waals surface area (Å²) in [6, 6.07) is 25.7. The number of benzene rings is 4. The van der Waals surface area contributed by atoms with Gasteiger partial charge >= 0.3 is 0 Å². The molecule has 0 fully saturated rings. The van der Waals surface area contributed by atoms with Crippen LogP contribution in [-0.4, -0.2) is 32.1 Å². The number of carbonyl (C=O) groups excluding carboxylic acids is 1. The van der Waals surface area contributed by atoms with Crippen LogP contribution in [0.3, 0.4) is 0 Å². The standard InChI is InChI=1S/C28H24Cl2N2O5S/c29-20-10-15-26(24(17-20)28(34)31-21(18-33)16-19-6-2-1-3-7-19)32-38(35,36)23-13-11-22(12-14-23)37-27-9-5-4-8-25(27)30/h1-15,17,21,32-33H,16,18H2,(H,31,34)/t21-/m1/s1. The number of halogens is 2. The Bertz CT molecular complexity index is 1510. The van der Waals surface area contributed by atoms with Crippen molar-refractivity contribution < 1.29 is 23.1 Å². The van der Waals surface area contributed by atoms with Gasteiger partial charge < -0.3 is 15.2 Å². The van der Waals surface area contributed by atoms with Crippen LogP contribution in [0.25, 0.3) is 0 Å². The Hall–Kier alpha value is -3.56. The zero-order valence-corrected chi connectivity index (χ0v) is 22.3. The average molecular weight is 571 g/mol. The largest absolute Gasteiger partial charge is 0.456 e. The monoisotopic (exact) mass is 570 g/mol. The summed E-state index contributed by atoms with van der Waals surface area (Å²) < 4.78 is 34.4. The first-order valence-corrected chi connectivity index (χ1v) is 13.8. The highest BCUT2D eigenvalue weighted by Gasteiger charge is 2.21. The van der Waals surface area contributed by atoms with Crippen molar-refractivity contribution in [3.8, 4) is 11.5 Å². The third-order valence-electron chi connectivity index (χ3n) is 5.55. The molecule has 0 aliphatic heterocycles. The molecular formula is C28H24Cl2N2O5S. The molecule has 1 atom stereocenters. The quantitative estimate of drug-likeness (QED) is 0.219. The predicted octanol–water partition coefficient (Wildman–Crippen LogP) is 5.92. The van der Waals surface area contributed by atoms with Gasteiger partial charge in [0.15, 0.2) is 0 Å². The van der Waals surface area contributed by atoms with Crippen molar-refractivity contribution >= 4 is 44.8 Å². The topological polar surface area (TPSA) is 105 Å². The summed E-state index contributed by atoms with van der Waals surface area (Å²) in [7, 11) is -4.07.